The summed E-state index contributed by atoms with van der Waals surface area (Å²) in [5.74, 6) is -0.488. The van der Waals surface area contributed by atoms with Crippen LogP contribution in [0.1, 0.15) is 12.8 Å². The molecule has 2 heterocycles. The smallest absolute Gasteiger partial charge is 0.326 e. The second-order valence-corrected chi connectivity index (χ2v) is 6.98. The third kappa shape index (κ3) is 3.55. The van der Waals surface area contributed by atoms with Crippen molar-refractivity contribution in [3.05, 3.63) is 65.1 Å². The molecule has 7 nitrogen and oxygen atoms in total. The summed E-state index contributed by atoms with van der Waals surface area (Å²) < 4.78 is 1.68. The molecule has 3 aromatic rings. The summed E-state index contributed by atoms with van der Waals surface area (Å²) in [4.78, 5) is 41.2. The van der Waals surface area contributed by atoms with Gasteiger partial charge in [-0.25, -0.2) is 4.79 Å². The van der Waals surface area contributed by atoms with Gasteiger partial charge >= 0.3 is 5.69 Å². The second kappa shape index (κ2) is 7.72. The van der Waals surface area contributed by atoms with E-state index in [4.69, 9.17) is 0 Å². The predicted octanol–water partition coefficient (Wildman–Crippen LogP) is 1.89. The molecule has 2 N–H and O–H groups in total. The van der Waals surface area contributed by atoms with E-state index in [1.54, 1.807) is 9.47 Å². The molecular weight excluding hydrogens is 356 g/mol. The molecular formula is C21H22N4O3. The third-order valence-electron chi connectivity index (χ3n) is 5.10. The van der Waals surface area contributed by atoms with E-state index in [1.807, 2.05) is 54.6 Å². The lowest BCUT2D eigenvalue weighted by Crippen LogP contribution is -2.34. The van der Waals surface area contributed by atoms with Crippen LogP contribution in [0.4, 0.5) is 5.69 Å². The summed E-state index contributed by atoms with van der Waals surface area (Å²) >= 11 is 0. The Morgan fingerprint density at radius 3 is 2.64 bits per heavy atom. The summed E-state index contributed by atoms with van der Waals surface area (Å²) in [6.07, 6.45) is 0.860. The average molecular weight is 378 g/mol. The van der Waals surface area contributed by atoms with E-state index in [2.05, 4.69) is 10.3 Å². The number of hydrogen-bond acceptors (Lipinski definition) is 3. The first kappa shape index (κ1) is 18.0. The van der Waals surface area contributed by atoms with Gasteiger partial charge in [0.25, 0.3) is 0 Å². The van der Waals surface area contributed by atoms with Crippen molar-refractivity contribution in [1.82, 2.24) is 14.9 Å². The van der Waals surface area contributed by atoms with E-state index in [9.17, 15) is 14.4 Å². The maximum Gasteiger partial charge on any atom is 0.326 e. The molecule has 0 aliphatic carbocycles. The average Bonchev–Trinajstić information content (AvgIpc) is 3.25. The molecule has 144 valence electrons. The fourth-order valence-electron chi connectivity index (χ4n) is 3.66. The lowest BCUT2D eigenvalue weighted by molar-refractivity contribution is -0.126. The van der Waals surface area contributed by atoms with Crippen molar-refractivity contribution in [2.45, 2.75) is 19.4 Å². The summed E-state index contributed by atoms with van der Waals surface area (Å²) in [6, 6.07) is 16.9. The Hall–Kier alpha value is -3.35. The highest BCUT2D eigenvalue weighted by Gasteiger charge is 2.34. The third-order valence-corrected chi connectivity index (χ3v) is 5.10. The quantitative estimate of drug-likeness (QED) is 0.642. The van der Waals surface area contributed by atoms with Crippen LogP contribution in [-0.4, -0.2) is 34.5 Å². The van der Waals surface area contributed by atoms with Gasteiger partial charge in [-0.15, -0.1) is 0 Å². The van der Waals surface area contributed by atoms with Gasteiger partial charge in [-0.2, -0.15) is 0 Å². The number of para-hydroxylation sites is 3. The monoisotopic (exact) mass is 378 g/mol. The van der Waals surface area contributed by atoms with Crippen LogP contribution in [0.15, 0.2) is 59.4 Å². The Labute approximate surface area is 162 Å². The number of rotatable bonds is 6. The molecule has 0 bridgehead atoms. The van der Waals surface area contributed by atoms with Crippen LogP contribution in [0.2, 0.25) is 0 Å². The normalized spacial score (nSPS) is 16.6. The molecule has 1 aliphatic heterocycles. The van der Waals surface area contributed by atoms with Crippen molar-refractivity contribution in [1.29, 1.82) is 0 Å². The fourth-order valence-corrected chi connectivity index (χ4v) is 3.66. The SMILES string of the molecule is O=C(NCCCn1c(=O)[nH]c2ccccc21)C1CC(=O)N(c2ccccc2)C1. The molecule has 7 heteroatoms. The van der Waals surface area contributed by atoms with Crippen LogP contribution < -0.4 is 15.9 Å². The first-order chi connectivity index (χ1) is 13.6. The summed E-state index contributed by atoms with van der Waals surface area (Å²) in [7, 11) is 0. The Bertz CT molecular complexity index is 1050. The first-order valence-corrected chi connectivity index (χ1v) is 9.44. The number of aromatic nitrogens is 2. The molecule has 0 saturated carbocycles. The number of H-pyrrole nitrogens is 1. The Kier molecular flexibility index (Phi) is 4.97. The van der Waals surface area contributed by atoms with Crippen molar-refractivity contribution in [3.63, 3.8) is 0 Å². The van der Waals surface area contributed by atoms with E-state index < -0.39 is 0 Å². The Morgan fingerprint density at radius 1 is 1.07 bits per heavy atom. The van der Waals surface area contributed by atoms with Crippen LogP contribution in [0, 0.1) is 5.92 Å². The lowest BCUT2D eigenvalue weighted by Gasteiger charge is -2.16. The fraction of sp³-hybridized carbons (Fsp3) is 0.286. The zero-order valence-corrected chi connectivity index (χ0v) is 15.4. The van der Waals surface area contributed by atoms with Gasteiger partial charge in [0.15, 0.2) is 0 Å². The number of fused-ring (bicyclic) bond motifs is 1. The van der Waals surface area contributed by atoms with Crippen molar-refractivity contribution < 1.29 is 9.59 Å². The highest BCUT2D eigenvalue weighted by molar-refractivity contribution is 6.00. The minimum atomic E-state index is -0.344. The number of anilines is 1. The van der Waals surface area contributed by atoms with Crippen LogP contribution in [0.25, 0.3) is 11.0 Å². The number of carbonyl (C=O) groups excluding carboxylic acids is 2. The molecule has 28 heavy (non-hydrogen) atoms. The number of carbonyl (C=O) groups is 2. The topological polar surface area (TPSA) is 87.2 Å². The van der Waals surface area contributed by atoms with E-state index in [0.29, 0.717) is 26.1 Å². The number of benzene rings is 2. The first-order valence-electron chi connectivity index (χ1n) is 9.44. The number of nitrogens with zero attached hydrogens (tertiary/aromatic N) is 2. The molecule has 1 saturated heterocycles. The van der Waals surface area contributed by atoms with E-state index in [-0.39, 0.29) is 29.8 Å². The second-order valence-electron chi connectivity index (χ2n) is 6.98. The maximum atomic E-state index is 12.4. The van der Waals surface area contributed by atoms with Crippen LogP contribution in [0.3, 0.4) is 0 Å². The van der Waals surface area contributed by atoms with Crippen LogP contribution in [0.5, 0.6) is 0 Å². The van der Waals surface area contributed by atoms with E-state index >= 15 is 0 Å². The number of nitrogens with one attached hydrogen (secondary N) is 2. The molecule has 0 radical (unpaired) electrons. The minimum Gasteiger partial charge on any atom is -0.356 e. The zero-order valence-electron chi connectivity index (χ0n) is 15.4. The van der Waals surface area contributed by atoms with Gasteiger partial charge in [-0.3, -0.25) is 14.2 Å². The van der Waals surface area contributed by atoms with Gasteiger partial charge in [0, 0.05) is 31.7 Å². The predicted molar refractivity (Wildman–Crippen MR) is 107 cm³/mol. The molecule has 1 fully saturated rings. The zero-order chi connectivity index (χ0) is 19.5. The van der Waals surface area contributed by atoms with E-state index in [0.717, 1.165) is 16.7 Å². The van der Waals surface area contributed by atoms with Gasteiger partial charge in [0.1, 0.15) is 0 Å². The van der Waals surface area contributed by atoms with Gasteiger partial charge in [0.2, 0.25) is 11.8 Å². The highest BCUT2D eigenvalue weighted by atomic mass is 16.2. The van der Waals surface area contributed by atoms with Crippen molar-refractivity contribution in [3.8, 4) is 0 Å². The van der Waals surface area contributed by atoms with Crippen molar-refractivity contribution >= 4 is 28.5 Å². The molecule has 1 aliphatic rings. The summed E-state index contributed by atoms with van der Waals surface area (Å²) in [5.41, 5.74) is 2.34. The number of hydrogen-bond donors (Lipinski definition) is 2. The minimum absolute atomic E-state index is 0.0308. The largest absolute Gasteiger partial charge is 0.356 e. The molecule has 2 amide bonds. The number of aromatic amines is 1. The van der Waals surface area contributed by atoms with Gasteiger partial charge in [-0.05, 0) is 30.7 Å². The van der Waals surface area contributed by atoms with E-state index in [1.165, 1.54) is 0 Å². The van der Waals surface area contributed by atoms with Gasteiger partial charge in [-0.1, -0.05) is 30.3 Å². The lowest BCUT2D eigenvalue weighted by atomic mass is 10.1. The molecule has 0 spiro atoms. The molecule has 1 unspecified atom stereocenters. The Morgan fingerprint density at radius 2 is 1.82 bits per heavy atom. The van der Waals surface area contributed by atoms with Gasteiger partial charge < -0.3 is 15.2 Å². The van der Waals surface area contributed by atoms with Crippen LogP contribution >= 0.6 is 0 Å². The van der Waals surface area contributed by atoms with Crippen molar-refractivity contribution in [2.75, 3.05) is 18.0 Å². The standard InChI is InChI=1S/C21H22N4O3/c26-19-13-15(14-25(19)16-7-2-1-3-8-16)20(27)22-11-6-12-24-18-10-5-4-9-17(18)23-21(24)28/h1-5,7-10,15H,6,11-14H2,(H,22,27)(H,23,28). The highest BCUT2D eigenvalue weighted by Crippen LogP contribution is 2.24. The Balaban J connectivity index is 1.30. The van der Waals surface area contributed by atoms with Crippen LogP contribution in [-0.2, 0) is 16.1 Å². The van der Waals surface area contributed by atoms with Crippen molar-refractivity contribution in [2.24, 2.45) is 5.92 Å². The number of aryl methyl sites for hydroxylation is 1. The molecule has 2 aromatic carbocycles. The maximum absolute atomic E-state index is 12.4. The summed E-state index contributed by atoms with van der Waals surface area (Å²) in [5, 5.41) is 2.90. The molecule has 4 rings (SSSR count). The summed E-state index contributed by atoms with van der Waals surface area (Å²) in [6.45, 7) is 1.38. The van der Waals surface area contributed by atoms with Gasteiger partial charge in [0.05, 0.1) is 17.0 Å². The number of imidazole rings is 1. The molecule has 1 atom stereocenters. The number of amides is 2. The molecule has 1 aromatic heterocycles.